The van der Waals surface area contributed by atoms with Crippen LogP contribution in [0.2, 0.25) is 0 Å². The molecule has 2 saturated heterocycles. The van der Waals surface area contributed by atoms with Gasteiger partial charge in [-0.05, 0) is 77.0 Å². The van der Waals surface area contributed by atoms with Crippen molar-refractivity contribution >= 4 is 5.91 Å². The molecule has 63 heavy (non-hydrogen) atoms. The zero-order valence-corrected chi connectivity index (χ0v) is 37.8. The number of rotatable bonds is 33. The molecule has 1 amide bonds. The second-order valence-electron chi connectivity index (χ2n) is 16.1. The summed E-state index contributed by atoms with van der Waals surface area (Å²) >= 11 is 0. The summed E-state index contributed by atoms with van der Waals surface area (Å²) in [6.45, 7) is 2.47. The summed E-state index contributed by atoms with van der Waals surface area (Å²) in [5.41, 5.74) is 0. The maximum absolute atomic E-state index is 13.1. The maximum Gasteiger partial charge on any atom is 0.220 e. The molecule has 0 saturated carbocycles. The molecule has 2 aliphatic rings. The van der Waals surface area contributed by atoms with E-state index in [4.69, 9.17) is 18.9 Å². The quantitative estimate of drug-likeness (QED) is 0.0312. The van der Waals surface area contributed by atoms with Crippen LogP contribution in [-0.2, 0) is 23.7 Å². The van der Waals surface area contributed by atoms with Crippen molar-refractivity contribution in [3.8, 4) is 0 Å². The number of hydrogen-bond acceptors (Lipinski definition) is 13. The predicted octanol–water partition coefficient (Wildman–Crippen LogP) is 5.04. The van der Waals surface area contributed by atoms with Crippen LogP contribution in [0.25, 0.3) is 0 Å². The lowest BCUT2D eigenvalue weighted by Crippen LogP contribution is -2.65. The standard InChI is InChI=1S/C49H81NO13/c1-3-5-7-9-11-13-15-16-17-18-19-20-21-22-23-25-27-29-31-33-41(54)50-37(38(53)32-30-28-26-24-14-12-10-8-6-4-2)36-60-48-46(59)44(57)47(40(35-52)62-48)63-49-45(58)43(56)42(55)39(34-51)61-49/h5-8,11,13-14,16-17,19-20,24,30,32,37-40,42-49,51-53,55-59H,3-4,9-10,12,15,18,21-23,25-29,31,33-36H2,1-2H3,(H,50,54)/b7-5-,8-6+,13-11-,17-16-,20-19-,24-14+,32-30+. The molecule has 0 aromatic carbocycles. The van der Waals surface area contributed by atoms with E-state index in [1.807, 2.05) is 6.08 Å². The zero-order valence-electron chi connectivity index (χ0n) is 37.8. The normalized spacial score (nSPS) is 28.3. The summed E-state index contributed by atoms with van der Waals surface area (Å²) in [6.07, 6.45) is 27.8. The summed E-state index contributed by atoms with van der Waals surface area (Å²) in [5, 5.41) is 86.4. The molecule has 0 bridgehead atoms. The second-order valence-corrected chi connectivity index (χ2v) is 16.1. The van der Waals surface area contributed by atoms with Crippen LogP contribution in [0.5, 0.6) is 0 Å². The summed E-state index contributed by atoms with van der Waals surface area (Å²) in [4.78, 5) is 13.1. The Hall–Kier alpha value is -2.83. The zero-order chi connectivity index (χ0) is 46.1. The van der Waals surface area contributed by atoms with Gasteiger partial charge in [0.2, 0.25) is 5.91 Å². The highest BCUT2D eigenvalue weighted by Gasteiger charge is 2.50. The number of aliphatic hydroxyl groups excluding tert-OH is 8. The number of amides is 1. The van der Waals surface area contributed by atoms with E-state index < -0.39 is 86.8 Å². The van der Waals surface area contributed by atoms with Gasteiger partial charge in [-0.15, -0.1) is 0 Å². The van der Waals surface area contributed by atoms with Crippen LogP contribution in [-0.4, -0.2) is 140 Å². The molecule has 2 fully saturated rings. The van der Waals surface area contributed by atoms with E-state index in [1.54, 1.807) is 6.08 Å². The number of hydrogen-bond donors (Lipinski definition) is 9. The average molecular weight is 892 g/mol. The third-order valence-electron chi connectivity index (χ3n) is 10.8. The molecule has 0 aromatic rings. The first kappa shape index (κ1) is 56.3. The van der Waals surface area contributed by atoms with E-state index >= 15 is 0 Å². The molecule has 9 N–H and O–H groups in total. The Kier molecular flexibility index (Phi) is 31.7. The van der Waals surface area contributed by atoms with Crippen molar-refractivity contribution in [2.75, 3.05) is 19.8 Å². The molecule has 0 aromatic heterocycles. The molecule has 14 heteroatoms. The minimum Gasteiger partial charge on any atom is -0.394 e. The molecule has 12 atom stereocenters. The molecule has 0 spiro atoms. The summed E-state index contributed by atoms with van der Waals surface area (Å²) < 4.78 is 22.6. The molecule has 12 unspecified atom stereocenters. The van der Waals surface area contributed by atoms with E-state index in [9.17, 15) is 45.6 Å². The van der Waals surface area contributed by atoms with E-state index in [-0.39, 0.29) is 18.9 Å². The molecule has 2 aliphatic heterocycles. The Balaban J connectivity index is 1.87. The second kappa shape index (κ2) is 35.4. The van der Waals surface area contributed by atoms with Gasteiger partial charge in [0, 0.05) is 6.42 Å². The first-order chi connectivity index (χ1) is 30.6. The van der Waals surface area contributed by atoms with Gasteiger partial charge >= 0.3 is 0 Å². The number of ether oxygens (including phenoxy) is 4. The lowest BCUT2D eigenvalue weighted by Gasteiger charge is -2.46. The summed E-state index contributed by atoms with van der Waals surface area (Å²) in [7, 11) is 0. The summed E-state index contributed by atoms with van der Waals surface area (Å²) in [6, 6.07) is -0.948. The van der Waals surface area contributed by atoms with Gasteiger partial charge in [-0.1, -0.05) is 125 Å². The van der Waals surface area contributed by atoms with Crippen molar-refractivity contribution in [2.24, 2.45) is 0 Å². The topological polar surface area (TPSA) is 228 Å². The minimum absolute atomic E-state index is 0.248. The number of carbonyl (C=O) groups excluding carboxylic acids is 1. The number of carbonyl (C=O) groups is 1. The Morgan fingerprint density at radius 2 is 1.06 bits per heavy atom. The Labute approximate surface area is 376 Å². The highest BCUT2D eigenvalue weighted by Crippen LogP contribution is 2.30. The van der Waals surface area contributed by atoms with E-state index in [0.717, 1.165) is 89.9 Å². The number of aliphatic hydroxyl groups is 8. The van der Waals surface area contributed by atoms with Crippen LogP contribution in [0.3, 0.4) is 0 Å². The van der Waals surface area contributed by atoms with Crippen LogP contribution in [0.1, 0.15) is 123 Å². The van der Waals surface area contributed by atoms with Gasteiger partial charge in [0.1, 0.15) is 48.8 Å². The molecule has 360 valence electrons. The van der Waals surface area contributed by atoms with E-state index in [2.05, 4.69) is 92.1 Å². The first-order valence-corrected chi connectivity index (χ1v) is 23.3. The molecule has 14 nitrogen and oxygen atoms in total. The van der Waals surface area contributed by atoms with Gasteiger partial charge in [0.15, 0.2) is 12.6 Å². The fraction of sp³-hybridized carbons (Fsp3) is 0.694. The predicted molar refractivity (Wildman–Crippen MR) is 244 cm³/mol. The molecule has 2 rings (SSSR count). The van der Waals surface area contributed by atoms with Gasteiger partial charge < -0.3 is 65.1 Å². The first-order valence-electron chi connectivity index (χ1n) is 23.3. The van der Waals surface area contributed by atoms with E-state index in [1.165, 1.54) is 0 Å². The number of allylic oxidation sites excluding steroid dienone is 13. The van der Waals surface area contributed by atoms with Crippen LogP contribution in [0, 0.1) is 0 Å². The maximum atomic E-state index is 13.1. The van der Waals surface area contributed by atoms with Crippen LogP contribution >= 0.6 is 0 Å². The van der Waals surface area contributed by atoms with Gasteiger partial charge in [-0.25, -0.2) is 0 Å². The van der Waals surface area contributed by atoms with Crippen LogP contribution < -0.4 is 5.32 Å². The molecule has 0 aliphatic carbocycles. The highest BCUT2D eigenvalue weighted by molar-refractivity contribution is 5.76. The van der Waals surface area contributed by atoms with Crippen molar-refractivity contribution in [3.05, 3.63) is 85.1 Å². The molecule has 2 heterocycles. The average Bonchev–Trinajstić information content (AvgIpc) is 3.28. The molecular formula is C49H81NO13. The Bertz CT molecular complexity index is 1380. The van der Waals surface area contributed by atoms with Gasteiger partial charge in [0.25, 0.3) is 0 Å². The monoisotopic (exact) mass is 892 g/mol. The third kappa shape index (κ3) is 23.3. The van der Waals surface area contributed by atoms with Crippen molar-refractivity contribution in [2.45, 2.75) is 197 Å². The Morgan fingerprint density at radius 3 is 1.68 bits per heavy atom. The van der Waals surface area contributed by atoms with Crippen molar-refractivity contribution in [3.63, 3.8) is 0 Å². The SMILES string of the molecule is CC/C=C\C/C=C\C/C=C\C/C=C\CCCCCCCCC(=O)NC(COC1OC(CO)C(OC2OC(CO)C(O)C(O)C2O)C(O)C1O)C(O)/C=C/CC/C=C/CC/C=C/CC. The van der Waals surface area contributed by atoms with Crippen LogP contribution in [0.4, 0.5) is 0 Å². The lowest BCUT2D eigenvalue weighted by molar-refractivity contribution is -0.359. The van der Waals surface area contributed by atoms with Gasteiger partial charge in [0.05, 0.1) is 32.0 Å². The summed E-state index contributed by atoms with van der Waals surface area (Å²) in [5.74, 6) is -0.276. The van der Waals surface area contributed by atoms with Crippen molar-refractivity contribution in [1.82, 2.24) is 5.32 Å². The lowest BCUT2D eigenvalue weighted by atomic mass is 9.97. The minimum atomic E-state index is -1.80. The largest absolute Gasteiger partial charge is 0.394 e. The Morgan fingerprint density at radius 1 is 0.571 bits per heavy atom. The van der Waals surface area contributed by atoms with Crippen molar-refractivity contribution in [1.29, 1.82) is 0 Å². The molecular weight excluding hydrogens is 811 g/mol. The number of unbranched alkanes of at least 4 members (excludes halogenated alkanes) is 8. The van der Waals surface area contributed by atoms with Gasteiger partial charge in [-0.3, -0.25) is 4.79 Å². The smallest absolute Gasteiger partial charge is 0.220 e. The number of nitrogens with one attached hydrogen (secondary N) is 1. The van der Waals surface area contributed by atoms with Crippen LogP contribution in [0.15, 0.2) is 85.1 Å². The van der Waals surface area contributed by atoms with Crippen molar-refractivity contribution < 1.29 is 64.6 Å². The third-order valence-corrected chi connectivity index (χ3v) is 10.8. The van der Waals surface area contributed by atoms with Gasteiger partial charge in [-0.2, -0.15) is 0 Å². The fourth-order valence-corrected chi connectivity index (χ4v) is 7.02. The fourth-order valence-electron chi connectivity index (χ4n) is 7.02. The van der Waals surface area contributed by atoms with E-state index in [0.29, 0.717) is 12.8 Å². The highest BCUT2D eigenvalue weighted by atomic mass is 16.7. The molecule has 0 radical (unpaired) electrons.